The lowest BCUT2D eigenvalue weighted by molar-refractivity contribution is 0.0515. The van der Waals surface area contributed by atoms with E-state index in [4.69, 9.17) is 15.0 Å². The standard InChI is InChI=1S/C16H13N5O2/c1-22-10-23-16-5-3-2-4-13(16)15-9-11-8-12(18-21-17)6-7-14(11)19-20-15/h2-9H,10H2,1H3. The molecule has 3 aromatic rings. The minimum atomic E-state index is 0.152. The number of rotatable bonds is 5. The summed E-state index contributed by atoms with van der Waals surface area (Å²) in [5, 5.41) is 12.9. The minimum Gasteiger partial charge on any atom is -0.467 e. The van der Waals surface area contributed by atoms with Crippen molar-refractivity contribution in [2.24, 2.45) is 5.11 Å². The lowest BCUT2D eigenvalue weighted by atomic mass is 10.1. The Kier molecular flexibility index (Phi) is 4.33. The molecule has 0 bridgehead atoms. The molecule has 0 atom stereocenters. The molecule has 0 saturated heterocycles. The van der Waals surface area contributed by atoms with Gasteiger partial charge in [-0.25, -0.2) is 0 Å². The maximum Gasteiger partial charge on any atom is 0.188 e. The highest BCUT2D eigenvalue weighted by Crippen LogP contribution is 2.30. The Morgan fingerprint density at radius 1 is 1.13 bits per heavy atom. The van der Waals surface area contributed by atoms with E-state index in [9.17, 15) is 0 Å². The molecule has 0 aliphatic heterocycles. The van der Waals surface area contributed by atoms with Crippen molar-refractivity contribution >= 4 is 16.6 Å². The second-order valence-electron chi connectivity index (χ2n) is 4.71. The largest absolute Gasteiger partial charge is 0.467 e. The van der Waals surface area contributed by atoms with Crippen molar-refractivity contribution in [3.8, 4) is 17.0 Å². The van der Waals surface area contributed by atoms with Crippen LogP contribution in [0.4, 0.5) is 5.69 Å². The third-order valence-electron chi connectivity index (χ3n) is 3.22. The summed E-state index contributed by atoms with van der Waals surface area (Å²) in [6, 6.07) is 14.6. The summed E-state index contributed by atoms with van der Waals surface area (Å²) in [5.74, 6) is 0.661. The lowest BCUT2D eigenvalue weighted by Gasteiger charge is -2.10. The molecule has 0 radical (unpaired) electrons. The maximum absolute atomic E-state index is 8.55. The van der Waals surface area contributed by atoms with Crippen LogP contribution in [0.25, 0.3) is 32.6 Å². The van der Waals surface area contributed by atoms with Crippen LogP contribution in [-0.2, 0) is 4.74 Å². The molecule has 1 heterocycles. The van der Waals surface area contributed by atoms with E-state index >= 15 is 0 Å². The van der Waals surface area contributed by atoms with Gasteiger partial charge < -0.3 is 9.47 Å². The van der Waals surface area contributed by atoms with E-state index < -0.39 is 0 Å². The molecule has 0 spiro atoms. The Bertz CT molecular complexity index is 891. The highest BCUT2D eigenvalue weighted by Gasteiger charge is 2.09. The number of aromatic nitrogens is 2. The normalized spacial score (nSPS) is 10.3. The van der Waals surface area contributed by atoms with Gasteiger partial charge in [-0.15, -0.1) is 10.2 Å². The first-order valence-electron chi connectivity index (χ1n) is 6.85. The number of nitrogens with zero attached hydrogens (tertiary/aromatic N) is 5. The van der Waals surface area contributed by atoms with Crippen molar-refractivity contribution in [2.75, 3.05) is 13.9 Å². The average molecular weight is 307 g/mol. The third kappa shape index (κ3) is 3.21. The zero-order valence-electron chi connectivity index (χ0n) is 12.4. The molecule has 0 aliphatic carbocycles. The second kappa shape index (κ2) is 6.74. The highest BCUT2D eigenvalue weighted by molar-refractivity contribution is 5.85. The van der Waals surface area contributed by atoms with E-state index in [1.807, 2.05) is 30.3 Å². The Balaban J connectivity index is 2.07. The number of benzene rings is 2. The Morgan fingerprint density at radius 2 is 2.00 bits per heavy atom. The lowest BCUT2D eigenvalue weighted by Crippen LogP contribution is -2.00. The molecule has 0 saturated carbocycles. The quantitative estimate of drug-likeness (QED) is 0.305. The number of para-hydroxylation sites is 1. The molecule has 0 unspecified atom stereocenters. The molecule has 0 fully saturated rings. The van der Waals surface area contributed by atoms with Gasteiger partial charge in [-0.3, -0.25) is 0 Å². The molecule has 23 heavy (non-hydrogen) atoms. The number of ether oxygens (including phenoxy) is 2. The van der Waals surface area contributed by atoms with E-state index in [1.54, 1.807) is 25.3 Å². The van der Waals surface area contributed by atoms with Gasteiger partial charge in [0.05, 0.1) is 11.2 Å². The summed E-state index contributed by atoms with van der Waals surface area (Å²) in [6.45, 7) is 0.152. The zero-order valence-corrected chi connectivity index (χ0v) is 12.4. The molecule has 0 aliphatic rings. The summed E-state index contributed by atoms with van der Waals surface area (Å²) >= 11 is 0. The predicted octanol–water partition coefficient (Wildman–Crippen LogP) is 4.22. The first-order valence-corrected chi connectivity index (χ1v) is 6.85. The summed E-state index contributed by atoms with van der Waals surface area (Å²) < 4.78 is 10.5. The molecule has 114 valence electrons. The van der Waals surface area contributed by atoms with Crippen molar-refractivity contribution in [3.63, 3.8) is 0 Å². The van der Waals surface area contributed by atoms with Crippen LogP contribution in [0.5, 0.6) is 5.75 Å². The maximum atomic E-state index is 8.55. The fraction of sp³-hybridized carbons (Fsp3) is 0.125. The second-order valence-corrected chi connectivity index (χ2v) is 4.71. The van der Waals surface area contributed by atoms with Gasteiger partial charge >= 0.3 is 0 Å². The van der Waals surface area contributed by atoms with Crippen LogP contribution in [0.2, 0.25) is 0 Å². The Morgan fingerprint density at radius 3 is 2.83 bits per heavy atom. The monoisotopic (exact) mass is 307 g/mol. The van der Waals surface area contributed by atoms with Gasteiger partial charge in [0.2, 0.25) is 0 Å². The van der Waals surface area contributed by atoms with Crippen LogP contribution in [0, 0.1) is 0 Å². The van der Waals surface area contributed by atoms with Crippen LogP contribution >= 0.6 is 0 Å². The smallest absolute Gasteiger partial charge is 0.188 e. The van der Waals surface area contributed by atoms with Crippen molar-refractivity contribution in [2.45, 2.75) is 0 Å². The van der Waals surface area contributed by atoms with Crippen molar-refractivity contribution < 1.29 is 9.47 Å². The average Bonchev–Trinajstić information content (AvgIpc) is 2.60. The number of azide groups is 1. The molecule has 1 aromatic heterocycles. The molecule has 2 aromatic carbocycles. The van der Waals surface area contributed by atoms with Crippen LogP contribution in [0.3, 0.4) is 0 Å². The third-order valence-corrected chi connectivity index (χ3v) is 3.22. The van der Waals surface area contributed by atoms with E-state index in [0.717, 1.165) is 16.5 Å². The van der Waals surface area contributed by atoms with E-state index in [-0.39, 0.29) is 6.79 Å². The van der Waals surface area contributed by atoms with Gasteiger partial charge in [0.15, 0.2) is 6.79 Å². The first kappa shape index (κ1) is 14.8. The van der Waals surface area contributed by atoms with Gasteiger partial charge in [0.1, 0.15) is 5.75 Å². The van der Waals surface area contributed by atoms with Gasteiger partial charge in [-0.2, -0.15) is 0 Å². The summed E-state index contributed by atoms with van der Waals surface area (Å²) in [7, 11) is 1.57. The topological polar surface area (TPSA) is 93.0 Å². The van der Waals surface area contributed by atoms with Gasteiger partial charge in [-0.05, 0) is 35.9 Å². The fourth-order valence-corrected chi connectivity index (χ4v) is 2.20. The van der Waals surface area contributed by atoms with Gasteiger partial charge in [-0.1, -0.05) is 23.3 Å². The molecule has 0 amide bonds. The zero-order chi connectivity index (χ0) is 16.1. The van der Waals surface area contributed by atoms with E-state index in [1.165, 1.54) is 0 Å². The summed E-state index contributed by atoms with van der Waals surface area (Å²) in [6.07, 6.45) is 0. The number of methoxy groups -OCH3 is 1. The van der Waals surface area contributed by atoms with E-state index in [0.29, 0.717) is 17.1 Å². The Labute approximate surface area is 132 Å². The first-order chi connectivity index (χ1) is 11.3. The molecular weight excluding hydrogens is 294 g/mol. The van der Waals surface area contributed by atoms with Crippen LogP contribution in [-0.4, -0.2) is 24.1 Å². The predicted molar refractivity (Wildman–Crippen MR) is 86.3 cm³/mol. The molecule has 0 N–H and O–H groups in total. The SMILES string of the molecule is COCOc1ccccc1-c1cc2cc(N=[N+]=[N-])ccc2nn1. The van der Waals surface area contributed by atoms with Crippen molar-refractivity contribution in [1.29, 1.82) is 0 Å². The highest BCUT2D eigenvalue weighted by atomic mass is 16.7. The molecular formula is C16H13N5O2. The number of hydrogen-bond donors (Lipinski definition) is 0. The number of hydrogen-bond acceptors (Lipinski definition) is 5. The van der Waals surface area contributed by atoms with Crippen LogP contribution in [0.15, 0.2) is 53.6 Å². The molecule has 7 heteroatoms. The van der Waals surface area contributed by atoms with Crippen LogP contribution < -0.4 is 4.74 Å². The van der Waals surface area contributed by atoms with E-state index in [2.05, 4.69) is 20.2 Å². The Hall–Kier alpha value is -3.15. The van der Waals surface area contributed by atoms with Crippen molar-refractivity contribution in [3.05, 3.63) is 59.0 Å². The summed E-state index contributed by atoms with van der Waals surface area (Å²) in [4.78, 5) is 2.80. The minimum absolute atomic E-state index is 0.152. The van der Waals surface area contributed by atoms with Crippen molar-refractivity contribution in [1.82, 2.24) is 10.2 Å². The number of fused-ring (bicyclic) bond motifs is 1. The molecule has 3 rings (SSSR count). The van der Waals surface area contributed by atoms with Crippen LogP contribution in [0.1, 0.15) is 0 Å². The van der Waals surface area contributed by atoms with Gasteiger partial charge in [0.25, 0.3) is 0 Å². The fourth-order valence-electron chi connectivity index (χ4n) is 2.20. The molecule has 7 nitrogen and oxygen atoms in total. The summed E-state index contributed by atoms with van der Waals surface area (Å²) in [5.41, 5.74) is 11.3. The van der Waals surface area contributed by atoms with Gasteiger partial charge in [0, 0.05) is 28.7 Å².